The average molecular weight is 497 g/mol. The van der Waals surface area contributed by atoms with E-state index < -0.39 is 0 Å². The molecule has 0 aliphatic rings. The Morgan fingerprint density at radius 3 is 2.29 bits per heavy atom. The molecule has 0 aliphatic heterocycles. The Kier molecular flexibility index (Phi) is 7.07. The molecule has 2 aromatic heterocycles. The van der Waals surface area contributed by atoms with Crippen LogP contribution in [0, 0.1) is 6.92 Å². The number of amides is 1. The number of nitrogens with zero attached hydrogens (tertiary/aromatic N) is 2. The molecule has 3 aromatic carbocycles. The van der Waals surface area contributed by atoms with Gasteiger partial charge >= 0.3 is 0 Å². The fourth-order valence-electron chi connectivity index (χ4n) is 3.65. The van der Waals surface area contributed by atoms with Gasteiger partial charge in [0, 0.05) is 34.2 Å². The topological polar surface area (TPSA) is 70.7 Å². The summed E-state index contributed by atoms with van der Waals surface area (Å²) in [5.74, 6) is 0.554. The van der Waals surface area contributed by atoms with Crippen molar-refractivity contribution in [3.05, 3.63) is 95.9 Å². The molecule has 0 atom stereocenters. The third kappa shape index (κ3) is 5.70. The van der Waals surface area contributed by atoms with Crippen molar-refractivity contribution in [3.8, 4) is 33.8 Å². The average Bonchev–Trinajstić information content (AvgIpc) is 3.53. The van der Waals surface area contributed by atoms with Gasteiger partial charge in [0.25, 0.3) is 0 Å². The zero-order valence-electron chi connectivity index (χ0n) is 19.2. The Morgan fingerprint density at radius 1 is 0.886 bits per heavy atom. The molecule has 0 bridgehead atoms. The number of H-pyrrole nitrogens is 1. The van der Waals surface area contributed by atoms with Gasteiger partial charge in [0.2, 0.25) is 5.91 Å². The Balaban J connectivity index is 1.22. The molecule has 7 heteroatoms. The Bertz CT molecular complexity index is 1350. The third-order valence-corrected chi connectivity index (χ3v) is 7.09. The van der Waals surface area contributed by atoms with Crippen LogP contribution >= 0.6 is 23.1 Å². The number of thiazole rings is 1. The van der Waals surface area contributed by atoms with Gasteiger partial charge < -0.3 is 10.3 Å². The van der Waals surface area contributed by atoms with Crippen molar-refractivity contribution in [2.75, 3.05) is 11.1 Å². The van der Waals surface area contributed by atoms with Crippen LogP contribution < -0.4 is 5.32 Å². The molecule has 35 heavy (non-hydrogen) atoms. The largest absolute Gasteiger partial charge is 0.332 e. The van der Waals surface area contributed by atoms with Gasteiger partial charge in [-0.15, -0.1) is 11.3 Å². The minimum absolute atomic E-state index is 0.0552. The number of thioether (sulfide) groups is 1. The second-order valence-corrected chi connectivity index (χ2v) is 9.99. The van der Waals surface area contributed by atoms with Crippen molar-refractivity contribution < 1.29 is 4.79 Å². The van der Waals surface area contributed by atoms with Gasteiger partial charge in [-0.3, -0.25) is 4.79 Å². The molecule has 0 saturated carbocycles. The number of aryl methyl sites for hydroxylation is 1. The van der Waals surface area contributed by atoms with Gasteiger partial charge in [0.15, 0.2) is 10.3 Å². The predicted octanol–water partition coefficient (Wildman–Crippen LogP) is 7.30. The normalized spacial score (nSPS) is 10.9. The number of hydrogen-bond donors (Lipinski definition) is 2. The Labute approximate surface area is 212 Å². The summed E-state index contributed by atoms with van der Waals surface area (Å²) < 4.78 is 0. The first-order valence-electron chi connectivity index (χ1n) is 11.3. The van der Waals surface area contributed by atoms with Crippen LogP contribution in [0.2, 0.25) is 0 Å². The number of carbonyl (C=O) groups excluding carboxylic acids is 1. The second kappa shape index (κ2) is 10.7. The van der Waals surface area contributed by atoms with Gasteiger partial charge in [0.05, 0.1) is 17.1 Å². The first-order valence-corrected chi connectivity index (χ1v) is 13.2. The SMILES string of the molecule is Cc1ccc(-c2csc(NC(=O)CCSc3nc(-c4ccccc4)c(-c4ccccc4)[nH]3)n2)cc1. The molecule has 5 rings (SSSR count). The molecular weight excluding hydrogens is 472 g/mol. The fourth-order valence-corrected chi connectivity index (χ4v) is 5.20. The van der Waals surface area contributed by atoms with E-state index in [9.17, 15) is 4.79 Å². The number of hydrogen-bond acceptors (Lipinski definition) is 5. The van der Waals surface area contributed by atoms with Gasteiger partial charge in [-0.2, -0.15) is 0 Å². The first kappa shape index (κ1) is 23.1. The molecule has 0 radical (unpaired) electrons. The molecule has 0 saturated heterocycles. The van der Waals surface area contributed by atoms with Gasteiger partial charge in [-0.1, -0.05) is 102 Å². The van der Waals surface area contributed by atoms with E-state index in [4.69, 9.17) is 4.98 Å². The lowest BCUT2D eigenvalue weighted by Gasteiger charge is -2.02. The van der Waals surface area contributed by atoms with Crippen molar-refractivity contribution in [2.24, 2.45) is 0 Å². The summed E-state index contributed by atoms with van der Waals surface area (Å²) in [5.41, 5.74) is 7.15. The highest BCUT2D eigenvalue weighted by molar-refractivity contribution is 7.99. The Hall–Kier alpha value is -3.68. The van der Waals surface area contributed by atoms with Crippen LogP contribution in [0.5, 0.6) is 0 Å². The highest BCUT2D eigenvalue weighted by Crippen LogP contribution is 2.33. The van der Waals surface area contributed by atoms with E-state index >= 15 is 0 Å². The third-order valence-electron chi connectivity index (χ3n) is 5.46. The van der Waals surface area contributed by atoms with Crippen molar-refractivity contribution in [3.63, 3.8) is 0 Å². The van der Waals surface area contributed by atoms with E-state index in [1.165, 1.54) is 16.9 Å². The second-order valence-electron chi connectivity index (χ2n) is 8.05. The lowest BCUT2D eigenvalue weighted by Crippen LogP contribution is -2.12. The summed E-state index contributed by atoms with van der Waals surface area (Å²) in [5, 5.41) is 6.30. The number of aromatic nitrogens is 3. The first-order chi connectivity index (χ1) is 17.2. The van der Waals surface area contributed by atoms with Crippen LogP contribution in [0.15, 0.2) is 95.5 Å². The molecule has 0 spiro atoms. The minimum Gasteiger partial charge on any atom is -0.332 e. The maximum atomic E-state index is 12.5. The summed E-state index contributed by atoms with van der Waals surface area (Å²) in [6, 6.07) is 28.5. The standard InChI is InChI=1S/C28H24N4OS2/c1-19-12-14-20(15-13-19)23-18-35-27(29-23)30-24(33)16-17-34-28-31-25(21-8-4-2-5-9-21)26(32-28)22-10-6-3-7-11-22/h2-15,18H,16-17H2,1H3,(H,31,32)(H,29,30,33). The number of carbonyl (C=O) groups is 1. The summed E-state index contributed by atoms with van der Waals surface area (Å²) >= 11 is 2.98. The van der Waals surface area contributed by atoms with E-state index in [0.29, 0.717) is 17.3 Å². The lowest BCUT2D eigenvalue weighted by molar-refractivity contribution is -0.115. The van der Waals surface area contributed by atoms with Crippen molar-refractivity contribution in [1.82, 2.24) is 15.0 Å². The number of aromatic amines is 1. The van der Waals surface area contributed by atoms with E-state index in [2.05, 4.69) is 58.6 Å². The smallest absolute Gasteiger partial charge is 0.226 e. The zero-order valence-corrected chi connectivity index (χ0v) is 20.8. The highest BCUT2D eigenvalue weighted by atomic mass is 32.2. The number of benzene rings is 3. The quantitative estimate of drug-likeness (QED) is 0.221. The maximum Gasteiger partial charge on any atom is 0.226 e. The van der Waals surface area contributed by atoms with E-state index in [-0.39, 0.29) is 5.91 Å². The minimum atomic E-state index is -0.0552. The van der Waals surface area contributed by atoms with E-state index in [0.717, 1.165) is 38.9 Å². The van der Waals surface area contributed by atoms with Gasteiger partial charge in [-0.25, -0.2) is 9.97 Å². The van der Waals surface area contributed by atoms with Crippen molar-refractivity contribution >= 4 is 34.1 Å². The number of anilines is 1. The van der Waals surface area contributed by atoms with Crippen LogP contribution in [0.1, 0.15) is 12.0 Å². The Morgan fingerprint density at radius 2 is 1.57 bits per heavy atom. The fraction of sp³-hybridized carbons (Fsp3) is 0.107. The van der Waals surface area contributed by atoms with Crippen LogP contribution in [0.25, 0.3) is 33.8 Å². The van der Waals surface area contributed by atoms with Crippen LogP contribution in [0.3, 0.4) is 0 Å². The highest BCUT2D eigenvalue weighted by Gasteiger charge is 2.15. The molecule has 0 fully saturated rings. The van der Waals surface area contributed by atoms with Crippen molar-refractivity contribution in [2.45, 2.75) is 18.5 Å². The molecule has 1 amide bonds. The summed E-state index contributed by atoms with van der Waals surface area (Å²) in [7, 11) is 0. The zero-order chi connectivity index (χ0) is 24.0. The van der Waals surface area contributed by atoms with Crippen LogP contribution in [0.4, 0.5) is 5.13 Å². The van der Waals surface area contributed by atoms with Crippen LogP contribution in [-0.4, -0.2) is 26.6 Å². The predicted molar refractivity (Wildman–Crippen MR) is 146 cm³/mol. The molecule has 5 aromatic rings. The van der Waals surface area contributed by atoms with E-state index in [1.807, 2.05) is 53.9 Å². The van der Waals surface area contributed by atoms with Crippen LogP contribution in [-0.2, 0) is 4.79 Å². The summed E-state index contributed by atoms with van der Waals surface area (Å²) in [6.45, 7) is 2.06. The molecule has 0 unspecified atom stereocenters. The van der Waals surface area contributed by atoms with Crippen molar-refractivity contribution in [1.29, 1.82) is 0 Å². The molecule has 0 aliphatic carbocycles. The summed E-state index contributed by atoms with van der Waals surface area (Å²) in [6.07, 6.45) is 0.367. The maximum absolute atomic E-state index is 12.5. The summed E-state index contributed by atoms with van der Waals surface area (Å²) in [4.78, 5) is 25.4. The number of rotatable bonds is 8. The van der Waals surface area contributed by atoms with E-state index in [1.54, 1.807) is 11.8 Å². The monoisotopic (exact) mass is 496 g/mol. The number of imidazole rings is 1. The van der Waals surface area contributed by atoms with Gasteiger partial charge in [0.1, 0.15) is 0 Å². The molecule has 2 N–H and O–H groups in total. The molecular formula is C28H24N4OS2. The molecule has 174 valence electrons. The molecule has 2 heterocycles. The molecule has 5 nitrogen and oxygen atoms in total. The lowest BCUT2D eigenvalue weighted by atomic mass is 10.1. The number of nitrogens with one attached hydrogen (secondary N) is 2. The van der Waals surface area contributed by atoms with Gasteiger partial charge in [-0.05, 0) is 6.92 Å².